The molecule has 0 spiro atoms. The number of benzene rings is 3. The van der Waals surface area contributed by atoms with Crippen LogP contribution < -0.4 is 5.32 Å². The maximum atomic E-state index is 14.2. The molecule has 0 amide bonds. The van der Waals surface area contributed by atoms with Gasteiger partial charge in [-0.3, -0.25) is 9.59 Å². The summed E-state index contributed by atoms with van der Waals surface area (Å²) in [5, 5.41) is 0.467. The lowest BCUT2D eigenvalue weighted by Crippen LogP contribution is -2.27. The van der Waals surface area contributed by atoms with Crippen molar-refractivity contribution in [2.75, 3.05) is 11.9 Å². The summed E-state index contributed by atoms with van der Waals surface area (Å²) in [5.74, 6) is -5.76. The fourth-order valence-electron chi connectivity index (χ4n) is 4.40. The third-order valence-corrected chi connectivity index (χ3v) is 6.38. The summed E-state index contributed by atoms with van der Waals surface area (Å²) in [6.07, 6.45) is -15.5. The van der Waals surface area contributed by atoms with Gasteiger partial charge in [0.2, 0.25) is 0 Å². The second-order valence-corrected chi connectivity index (χ2v) is 9.42. The first-order valence-electron chi connectivity index (χ1n) is 12.4. The number of aryl methyl sites for hydroxylation is 1. The zero-order valence-electron chi connectivity index (χ0n) is 21.8. The molecule has 0 saturated carbocycles. The van der Waals surface area contributed by atoms with E-state index in [1.54, 1.807) is 13.8 Å². The number of halogens is 9. The van der Waals surface area contributed by atoms with Gasteiger partial charge in [0.1, 0.15) is 0 Å². The first-order valence-corrected chi connectivity index (χ1v) is 12.4. The number of hydrogen-bond acceptors (Lipinski definition) is 5. The van der Waals surface area contributed by atoms with E-state index >= 15 is 0 Å². The molecule has 222 valence electrons. The Morgan fingerprint density at radius 3 is 1.90 bits per heavy atom. The number of carbonyl (C=O) groups is 2. The van der Waals surface area contributed by atoms with Crippen molar-refractivity contribution in [3.63, 3.8) is 0 Å². The van der Waals surface area contributed by atoms with Crippen LogP contribution in [0.15, 0.2) is 42.5 Å². The molecule has 5 nitrogen and oxygen atoms in total. The SMILES string of the molecule is CCCCNc1c(C(=O)C(F)(F)F)cc(C(=O)C(F)(F)F)c2c1ccc1c(C(F)(F)F)nc(-c3ccc(C)cc3)nc12. The molecule has 0 radical (unpaired) electrons. The van der Waals surface area contributed by atoms with Crippen molar-refractivity contribution < 1.29 is 49.1 Å². The number of unbranched alkanes of at least 4 members (excludes halogenated alkanes) is 1. The maximum Gasteiger partial charge on any atom is 0.454 e. The highest BCUT2D eigenvalue weighted by atomic mass is 19.4. The molecule has 3 aromatic carbocycles. The van der Waals surface area contributed by atoms with Crippen molar-refractivity contribution in [2.24, 2.45) is 0 Å². The summed E-state index contributed by atoms with van der Waals surface area (Å²) in [7, 11) is 0. The van der Waals surface area contributed by atoms with Gasteiger partial charge in [0, 0.05) is 33.8 Å². The number of aromatic nitrogens is 2. The van der Waals surface area contributed by atoms with Crippen LogP contribution >= 0.6 is 0 Å². The minimum absolute atomic E-state index is 0.0411. The minimum Gasteiger partial charge on any atom is -0.384 e. The summed E-state index contributed by atoms with van der Waals surface area (Å²) in [6, 6.07) is 7.53. The second kappa shape index (κ2) is 10.9. The van der Waals surface area contributed by atoms with Gasteiger partial charge in [-0.2, -0.15) is 39.5 Å². The van der Waals surface area contributed by atoms with Gasteiger partial charge in [0.25, 0.3) is 11.6 Å². The molecule has 0 fully saturated rings. The fourth-order valence-corrected chi connectivity index (χ4v) is 4.40. The van der Waals surface area contributed by atoms with E-state index in [9.17, 15) is 49.1 Å². The molecule has 1 N–H and O–H groups in total. The molecular formula is C28H20F9N3O2. The van der Waals surface area contributed by atoms with Crippen LogP contribution in [-0.2, 0) is 6.18 Å². The predicted octanol–water partition coefficient (Wildman–Crippen LogP) is 8.48. The Balaban J connectivity index is 2.25. The van der Waals surface area contributed by atoms with Crippen LogP contribution in [0.25, 0.3) is 33.1 Å². The van der Waals surface area contributed by atoms with Crippen LogP contribution in [0, 0.1) is 6.92 Å². The van der Waals surface area contributed by atoms with Gasteiger partial charge in [0.05, 0.1) is 16.8 Å². The smallest absolute Gasteiger partial charge is 0.384 e. The van der Waals surface area contributed by atoms with Crippen LogP contribution in [0.4, 0.5) is 45.2 Å². The molecule has 0 saturated heterocycles. The van der Waals surface area contributed by atoms with Crippen LogP contribution in [0.1, 0.15) is 51.7 Å². The number of anilines is 1. The minimum atomic E-state index is -5.66. The molecule has 0 aliphatic rings. The Labute approximate surface area is 231 Å². The summed E-state index contributed by atoms with van der Waals surface area (Å²) >= 11 is 0. The number of nitrogens with zero attached hydrogens (tertiary/aromatic N) is 2. The van der Waals surface area contributed by atoms with E-state index in [-0.39, 0.29) is 18.2 Å². The molecule has 0 atom stereocenters. The average molecular weight is 601 g/mol. The van der Waals surface area contributed by atoms with Crippen molar-refractivity contribution in [3.8, 4) is 11.4 Å². The highest BCUT2D eigenvalue weighted by molar-refractivity contribution is 6.24. The van der Waals surface area contributed by atoms with Gasteiger partial charge in [0.15, 0.2) is 11.5 Å². The number of hydrogen-bond donors (Lipinski definition) is 1. The van der Waals surface area contributed by atoms with Gasteiger partial charge in [-0.05, 0) is 25.5 Å². The number of rotatable bonds is 7. The summed E-state index contributed by atoms with van der Waals surface area (Å²) in [6.45, 7) is 3.39. The lowest BCUT2D eigenvalue weighted by Gasteiger charge is -2.20. The van der Waals surface area contributed by atoms with Crippen LogP contribution in [0.2, 0.25) is 0 Å². The Hall–Kier alpha value is -4.23. The highest BCUT2D eigenvalue weighted by Gasteiger charge is 2.45. The highest BCUT2D eigenvalue weighted by Crippen LogP contribution is 2.43. The third-order valence-electron chi connectivity index (χ3n) is 6.38. The lowest BCUT2D eigenvalue weighted by atomic mass is 9.91. The lowest BCUT2D eigenvalue weighted by molar-refractivity contribution is -0.139. The molecule has 4 aromatic rings. The number of alkyl halides is 9. The van der Waals surface area contributed by atoms with Gasteiger partial charge in [-0.25, -0.2) is 9.97 Å². The zero-order chi connectivity index (χ0) is 31.2. The van der Waals surface area contributed by atoms with E-state index < -0.39 is 80.1 Å². The molecule has 1 heterocycles. The maximum absolute atomic E-state index is 14.2. The molecule has 4 rings (SSSR count). The van der Waals surface area contributed by atoms with Gasteiger partial charge >= 0.3 is 18.5 Å². The fraction of sp³-hybridized carbons (Fsp3) is 0.286. The van der Waals surface area contributed by atoms with Gasteiger partial charge in [-0.1, -0.05) is 49.2 Å². The Morgan fingerprint density at radius 1 is 0.786 bits per heavy atom. The van der Waals surface area contributed by atoms with Crippen LogP contribution in [0.3, 0.4) is 0 Å². The Bertz CT molecular complexity index is 1690. The number of Topliss-reactive ketones (excluding diaryl/α,β-unsaturated/α-hetero) is 2. The first-order chi connectivity index (χ1) is 19.4. The van der Waals surface area contributed by atoms with Gasteiger partial charge < -0.3 is 5.32 Å². The van der Waals surface area contributed by atoms with Crippen molar-refractivity contribution in [1.29, 1.82) is 0 Å². The van der Waals surface area contributed by atoms with Crippen LogP contribution in [0.5, 0.6) is 0 Å². The first kappa shape index (κ1) is 30.7. The molecule has 0 unspecified atom stereocenters. The molecular weight excluding hydrogens is 581 g/mol. The molecule has 14 heteroatoms. The van der Waals surface area contributed by atoms with E-state index in [1.165, 1.54) is 24.3 Å². The Kier molecular flexibility index (Phi) is 7.96. The van der Waals surface area contributed by atoms with E-state index in [0.717, 1.165) is 17.7 Å². The van der Waals surface area contributed by atoms with Crippen molar-refractivity contribution in [1.82, 2.24) is 9.97 Å². The average Bonchev–Trinajstić information content (AvgIpc) is 2.90. The molecule has 42 heavy (non-hydrogen) atoms. The van der Waals surface area contributed by atoms with E-state index in [4.69, 9.17) is 0 Å². The van der Waals surface area contributed by atoms with E-state index in [0.29, 0.717) is 12.8 Å². The standard InChI is InChI=1S/C28H20F9N3O2/c1-3-4-11-38-20-15-9-10-16-21(39-25(40-22(16)26(29,30)31)14-7-5-13(2)6-8-14)19(15)17(23(41)27(32,33)34)12-18(20)24(42)28(35,36)37/h5-10,12,38H,3-4,11H2,1-2H3. The normalized spacial score (nSPS) is 12.6. The largest absolute Gasteiger partial charge is 0.454 e. The van der Waals surface area contributed by atoms with Crippen molar-refractivity contribution >= 4 is 38.9 Å². The monoisotopic (exact) mass is 601 g/mol. The van der Waals surface area contributed by atoms with Crippen LogP contribution in [-0.4, -0.2) is 40.4 Å². The summed E-state index contributed by atoms with van der Waals surface area (Å²) < 4.78 is 124. The van der Waals surface area contributed by atoms with Gasteiger partial charge in [-0.15, -0.1) is 0 Å². The summed E-state index contributed by atoms with van der Waals surface area (Å²) in [5.41, 5.74) is -4.86. The predicted molar refractivity (Wildman–Crippen MR) is 136 cm³/mol. The molecule has 0 bridgehead atoms. The van der Waals surface area contributed by atoms with E-state index in [1.807, 2.05) is 0 Å². The van der Waals surface area contributed by atoms with Crippen molar-refractivity contribution in [2.45, 2.75) is 45.2 Å². The number of ketones is 2. The second-order valence-electron chi connectivity index (χ2n) is 9.42. The number of fused-ring (bicyclic) bond motifs is 3. The summed E-state index contributed by atoms with van der Waals surface area (Å²) in [4.78, 5) is 32.7. The quantitative estimate of drug-likeness (QED) is 0.0996. The topological polar surface area (TPSA) is 72.0 Å². The molecule has 0 aliphatic carbocycles. The Morgan fingerprint density at radius 2 is 1.36 bits per heavy atom. The zero-order valence-corrected chi connectivity index (χ0v) is 21.8. The van der Waals surface area contributed by atoms with E-state index in [2.05, 4.69) is 15.3 Å². The molecule has 0 aliphatic heterocycles. The van der Waals surface area contributed by atoms with Crippen molar-refractivity contribution in [3.05, 3.63) is 64.8 Å². The molecule has 1 aromatic heterocycles. The third kappa shape index (κ3) is 5.88. The number of nitrogens with one attached hydrogen (secondary N) is 1. The number of carbonyl (C=O) groups excluding carboxylic acids is 2.